The number of carbonyl (C=O) groups excluding carboxylic acids is 1. The minimum absolute atomic E-state index is 0.0100. The van der Waals surface area contributed by atoms with E-state index in [1.165, 1.54) is 50.0 Å². The average molecular weight is 293 g/mol. The Morgan fingerprint density at radius 2 is 1.90 bits per heavy atom. The van der Waals surface area contributed by atoms with Crippen LogP contribution in [-0.2, 0) is 14.8 Å². The number of hydrogen-bond donors (Lipinski definition) is 1. The number of rotatable bonds is 4. The van der Waals surface area contributed by atoms with Gasteiger partial charge in [-0.1, -0.05) is 0 Å². The van der Waals surface area contributed by atoms with E-state index >= 15 is 0 Å². The van der Waals surface area contributed by atoms with Gasteiger partial charge in [-0.25, -0.2) is 18.2 Å². The van der Waals surface area contributed by atoms with E-state index in [0.29, 0.717) is 0 Å². The van der Waals surface area contributed by atoms with Crippen molar-refractivity contribution >= 4 is 21.8 Å². The van der Waals surface area contributed by atoms with Crippen molar-refractivity contribution in [3.63, 3.8) is 0 Å². The summed E-state index contributed by atoms with van der Waals surface area (Å²) in [7, 11) is -2.51. The summed E-state index contributed by atoms with van der Waals surface area (Å²) in [5.41, 5.74) is 0.269. The van der Waals surface area contributed by atoms with Crippen molar-refractivity contribution in [3.05, 3.63) is 48.4 Å². The molecule has 0 unspecified atom stereocenters. The van der Waals surface area contributed by atoms with Crippen LogP contribution in [0.15, 0.2) is 47.8 Å². The van der Waals surface area contributed by atoms with Gasteiger partial charge in [0.1, 0.15) is 0 Å². The maximum atomic E-state index is 12.1. The standard InChI is InChI=1S/C12H11N3O4S/c1-19-12(16)9-2-4-10(5-3-9)20(17,18)15-11-8-13-6-7-14-11/h2-8H,1H3,(H,14,15). The van der Waals surface area contributed by atoms with Crippen molar-refractivity contribution in [1.82, 2.24) is 9.97 Å². The molecule has 0 amide bonds. The van der Waals surface area contributed by atoms with E-state index in [9.17, 15) is 13.2 Å². The van der Waals surface area contributed by atoms with Crippen molar-refractivity contribution in [2.75, 3.05) is 11.8 Å². The maximum absolute atomic E-state index is 12.1. The van der Waals surface area contributed by atoms with Gasteiger partial charge in [0.15, 0.2) is 5.82 Å². The number of nitrogens with one attached hydrogen (secondary N) is 1. The molecule has 104 valence electrons. The van der Waals surface area contributed by atoms with E-state index in [-0.39, 0.29) is 16.3 Å². The quantitative estimate of drug-likeness (QED) is 0.846. The summed E-state index contributed by atoms with van der Waals surface area (Å²) in [5, 5.41) is 0. The Labute approximate surface area is 115 Å². The molecular formula is C12H11N3O4S. The van der Waals surface area contributed by atoms with Crippen LogP contribution in [0.25, 0.3) is 0 Å². The summed E-state index contributed by atoms with van der Waals surface area (Å²) in [6, 6.07) is 5.37. The third-order valence-electron chi connectivity index (χ3n) is 2.39. The molecule has 0 saturated heterocycles. The number of methoxy groups -OCH3 is 1. The molecule has 0 aliphatic heterocycles. The minimum atomic E-state index is -3.77. The van der Waals surface area contributed by atoms with Crippen molar-refractivity contribution < 1.29 is 17.9 Å². The Balaban J connectivity index is 2.24. The summed E-state index contributed by atoms with van der Waals surface area (Å²) >= 11 is 0. The number of hydrogen-bond acceptors (Lipinski definition) is 6. The van der Waals surface area contributed by atoms with E-state index < -0.39 is 16.0 Å². The number of benzene rings is 1. The number of anilines is 1. The maximum Gasteiger partial charge on any atom is 0.337 e. The molecule has 0 radical (unpaired) electrons. The van der Waals surface area contributed by atoms with E-state index in [1.807, 2.05) is 0 Å². The first kappa shape index (κ1) is 13.9. The number of ether oxygens (including phenoxy) is 1. The molecule has 1 aromatic carbocycles. The number of esters is 1. The van der Waals surface area contributed by atoms with Crippen LogP contribution >= 0.6 is 0 Å². The fourth-order valence-corrected chi connectivity index (χ4v) is 2.43. The summed E-state index contributed by atoms with van der Waals surface area (Å²) in [4.78, 5) is 18.9. The molecule has 2 aromatic rings. The molecule has 0 aliphatic carbocycles. The third-order valence-corrected chi connectivity index (χ3v) is 3.76. The molecule has 2 rings (SSSR count). The van der Waals surface area contributed by atoms with Gasteiger partial charge in [-0.3, -0.25) is 9.71 Å². The van der Waals surface area contributed by atoms with Gasteiger partial charge in [-0.05, 0) is 24.3 Å². The highest BCUT2D eigenvalue weighted by molar-refractivity contribution is 7.92. The van der Waals surface area contributed by atoms with E-state index in [1.54, 1.807) is 0 Å². The number of carbonyl (C=O) groups is 1. The first-order chi connectivity index (χ1) is 9.53. The molecule has 0 saturated carbocycles. The van der Waals surface area contributed by atoms with Gasteiger partial charge in [0.05, 0.1) is 23.8 Å². The first-order valence-corrected chi connectivity index (χ1v) is 6.98. The zero-order valence-corrected chi connectivity index (χ0v) is 11.3. The van der Waals surface area contributed by atoms with Crippen LogP contribution in [-0.4, -0.2) is 31.5 Å². The number of sulfonamides is 1. The lowest BCUT2D eigenvalue weighted by Crippen LogP contribution is -2.14. The fourth-order valence-electron chi connectivity index (χ4n) is 1.44. The Kier molecular flexibility index (Phi) is 3.94. The second-order valence-electron chi connectivity index (χ2n) is 3.71. The molecule has 0 fully saturated rings. The van der Waals surface area contributed by atoms with Gasteiger partial charge in [-0.2, -0.15) is 0 Å². The van der Waals surface area contributed by atoms with Crippen molar-refractivity contribution in [2.24, 2.45) is 0 Å². The fraction of sp³-hybridized carbons (Fsp3) is 0.0833. The van der Waals surface area contributed by atoms with Crippen LogP contribution < -0.4 is 4.72 Å². The lowest BCUT2D eigenvalue weighted by atomic mass is 10.2. The van der Waals surface area contributed by atoms with Crippen LogP contribution in [0, 0.1) is 0 Å². The lowest BCUT2D eigenvalue weighted by molar-refractivity contribution is 0.0600. The van der Waals surface area contributed by atoms with Gasteiger partial charge >= 0.3 is 5.97 Å². The van der Waals surface area contributed by atoms with Crippen molar-refractivity contribution in [2.45, 2.75) is 4.90 Å². The average Bonchev–Trinajstić information content (AvgIpc) is 2.47. The van der Waals surface area contributed by atoms with E-state index in [2.05, 4.69) is 19.4 Å². The van der Waals surface area contributed by atoms with Gasteiger partial charge < -0.3 is 4.74 Å². The predicted octanol–water partition coefficient (Wildman–Crippen LogP) is 1.06. The Bertz CT molecular complexity index is 699. The smallest absolute Gasteiger partial charge is 0.337 e. The van der Waals surface area contributed by atoms with Crippen LogP contribution in [0.3, 0.4) is 0 Å². The second-order valence-corrected chi connectivity index (χ2v) is 5.39. The Morgan fingerprint density at radius 1 is 1.20 bits per heavy atom. The van der Waals surface area contributed by atoms with Crippen LogP contribution in [0.2, 0.25) is 0 Å². The highest BCUT2D eigenvalue weighted by Crippen LogP contribution is 2.14. The largest absolute Gasteiger partial charge is 0.465 e. The summed E-state index contributed by atoms with van der Waals surface area (Å²) < 4.78 is 30.9. The molecule has 0 aliphatic rings. The first-order valence-electron chi connectivity index (χ1n) is 5.50. The molecular weight excluding hydrogens is 282 g/mol. The zero-order valence-electron chi connectivity index (χ0n) is 10.5. The summed E-state index contributed by atoms with van der Waals surface area (Å²) in [6.07, 6.45) is 4.10. The van der Waals surface area contributed by atoms with E-state index in [4.69, 9.17) is 0 Å². The van der Waals surface area contributed by atoms with Crippen LogP contribution in [0.4, 0.5) is 5.82 Å². The molecule has 7 nitrogen and oxygen atoms in total. The minimum Gasteiger partial charge on any atom is -0.465 e. The molecule has 1 N–H and O–H groups in total. The second kappa shape index (κ2) is 5.66. The lowest BCUT2D eigenvalue weighted by Gasteiger charge is -2.07. The van der Waals surface area contributed by atoms with Gasteiger partial charge in [-0.15, -0.1) is 0 Å². The summed E-state index contributed by atoms with van der Waals surface area (Å²) in [6.45, 7) is 0. The molecule has 20 heavy (non-hydrogen) atoms. The molecule has 8 heteroatoms. The molecule has 0 bridgehead atoms. The zero-order chi connectivity index (χ0) is 14.6. The van der Waals surface area contributed by atoms with Crippen molar-refractivity contribution in [1.29, 1.82) is 0 Å². The Morgan fingerprint density at radius 3 is 2.45 bits per heavy atom. The Hall–Kier alpha value is -2.48. The highest BCUT2D eigenvalue weighted by Gasteiger charge is 2.15. The molecule has 0 spiro atoms. The van der Waals surface area contributed by atoms with Crippen LogP contribution in [0.1, 0.15) is 10.4 Å². The van der Waals surface area contributed by atoms with E-state index in [0.717, 1.165) is 0 Å². The van der Waals surface area contributed by atoms with Crippen molar-refractivity contribution in [3.8, 4) is 0 Å². The monoisotopic (exact) mass is 293 g/mol. The highest BCUT2D eigenvalue weighted by atomic mass is 32.2. The molecule has 1 aromatic heterocycles. The molecule has 0 atom stereocenters. The topological polar surface area (TPSA) is 98.2 Å². The molecule has 1 heterocycles. The third kappa shape index (κ3) is 3.09. The number of aromatic nitrogens is 2. The van der Waals surface area contributed by atoms with Gasteiger partial charge in [0, 0.05) is 12.4 Å². The van der Waals surface area contributed by atoms with Crippen LogP contribution in [0.5, 0.6) is 0 Å². The van der Waals surface area contributed by atoms with Gasteiger partial charge in [0.25, 0.3) is 10.0 Å². The SMILES string of the molecule is COC(=O)c1ccc(S(=O)(=O)Nc2cnccn2)cc1. The number of nitrogens with zero attached hydrogens (tertiary/aromatic N) is 2. The summed E-state index contributed by atoms with van der Waals surface area (Å²) in [5.74, 6) is -0.416. The van der Waals surface area contributed by atoms with Gasteiger partial charge in [0.2, 0.25) is 0 Å². The predicted molar refractivity (Wildman–Crippen MR) is 70.6 cm³/mol. The normalized spacial score (nSPS) is 10.8.